The Balaban J connectivity index is 2.30. The van der Waals surface area contributed by atoms with E-state index in [0.717, 1.165) is 10.5 Å². The Kier molecular flexibility index (Phi) is 3.28. The average Bonchev–Trinajstić information content (AvgIpc) is 2.67. The van der Waals surface area contributed by atoms with Crippen LogP contribution in [0, 0.1) is 0 Å². The van der Waals surface area contributed by atoms with Crippen molar-refractivity contribution in [1.82, 2.24) is 0 Å². The largest absolute Gasteiger partial charge is 0.487 e. The summed E-state index contributed by atoms with van der Waals surface area (Å²) in [5.41, 5.74) is 1.32. The molecule has 1 heterocycles. The van der Waals surface area contributed by atoms with E-state index in [1.165, 1.54) is 12.2 Å². The lowest BCUT2D eigenvalue weighted by molar-refractivity contribution is -0.120. The third kappa shape index (κ3) is 2.32. The highest BCUT2D eigenvalue weighted by molar-refractivity contribution is 6.28. The maximum absolute atomic E-state index is 11.6. The molecule has 1 aromatic rings. The molecule has 0 bridgehead atoms. The van der Waals surface area contributed by atoms with E-state index in [2.05, 4.69) is 6.58 Å². The standard InChI is InChI=1S/C14H13NO3/c1-10(2)9-18-12-6-4-3-5-11(12)15-13(16)7-8-14(15)17/h3-8H,1,9H2,2H3. The maximum atomic E-state index is 11.6. The van der Waals surface area contributed by atoms with Crippen molar-refractivity contribution < 1.29 is 14.3 Å². The minimum absolute atomic E-state index is 0.348. The number of carbonyl (C=O) groups is 2. The van der Waals surface area contributed by atoms with Crippen molar-refractivity contribution >= 4 is 17.5 Å². The summed E-state index contributed by atoms with van der Waals surface area (Å²) < 4.78 is 5.53. The van der Waals surface area contributed by atoms with Crippen molar-refractivity contribution in [3.05, 3.63) is 48.6 Å². The molecule has 2 amide bonds. The van der Waals surface area contributed by atoms with Crippen LogP contribution in [0.25, 0.3) is 0 Å². The van der Waals surface area contributed by atoms with Gasteiger partial charge in [-0.05, 0) is 24.6 Å². The van der Waals surface area contributed by atoms with Crippen molar-refractivity contribution in [2.45, 2.75) is 6.92 Å². The highest BCUT2D eigenvalue weighted by Gasteiger charge is 2.27. The summed E-state index contributed by atoms with van der Waals surface area (Å²) in [4.78, 5) is 24.3. The average molecular weight is 243 g/mol. The first kappa shape index (κ1) is 12.1. The fourth-order valence-electron chi connectivity index (χ4n) is 1.60. The number of para-hydroxylation sites is 2. The molecule has 18 heavy (non-hydrogen) atoms. The van der Waals surface area contributed by atoms with Gasteiger partial charge < -0.3 is 4.74 Å². The summed E-state index contributed by atoms with van der Waals surface area (Å²) in [5, 5.41) is 0. The lowest BCUT2D eigenvalue weighted by Gasteiger charge is -2.18. The minimum atomic E-state index is -0.355. The monoisotopic (exact) mass is 243 g/mol. The summed E-state index contributed by atoms with van der Waals surface area (Å²) in [7, 11) is 0. The SMILES string of the molecule is C=C(C)COc1ccccc1N1C(=O)C=CC1=O. The number of hydrogen-bond donors (Lipinski definition) is 0. The van der Waals surface area contributed by atoms with Gasteiger partial charge in [0.05, 0.1) is 5.69 Å². The fourth-order valence-corrected chi connectivity index (χ4v) is 1.60. The first-order chi connectivity index (χ1) is 8.59. The molecular formula is C14H13NO3. The first-order valence-corrected chi connectivity index (χ1v) is 5.52. The van der Waals surface area contributed by atoms with Gasteiger partial charge in [0.2, 0.25) is 0 Å². The van der Waals surface area contributed by atoms with Gasteiger partial charge in [0.1, 0.15) is 12.4 Å². The second-order valence-electron chi connectivity index (χ2n) is 4.06. The lowest BCUT2D eigenvalue weighted by atomic mass is 10.2. The quantitative estimate of drug-likeness (QED) is 0.600. The molecule has 0 saturated carbocycles. The van der Waals surface area contributed by atoms with Gasteiger partial charge in [0.25, 0.3) is 11.8 Å². The van der Waals surface area contributed by atoms with Gasteiger partial charge in [-0.15, -0.1) is 0 Å². The molecule has 0 aliphatic carbocycles. The van der Waals surface area contributed by atoms with Crippen LogP contribution in [-0.4, -0.2) is 18.4 Å². The molecule has 4 heteroatoms. The lowest BCUT2D eigenvalue weighted by Crippen LogP contribution is -2.30. The molecule has 0 saturated heterocycles. The fraction of sp³-hybridized carbons (Fsp3) is 0.143. The van der Waals surface area contributed by atoms with Crippen LogP contribution < -0.4 is 9.64 Å². The number of ether oxygens (including phenoxy) is 1. The van der Waals surface area contributed by atoms with Gasteiger partial charge in [-0.3, -0.25) is 9.59 Å². The van der Waals surface area contributed by atoms with Crippen LogP contribution >= 0.6 is 0 Å². The number of rotatable bonds is 4. The van der Waals surface area contributed by atoms with Gasteiger partial charge in [-0.25, -0.2) is 4.90 Å². The van der Waals surface area contributed by atoms with E-state index in [1.54, 1.807) is 24.3 Å². The van der Waals surface area contributed by atoms with Crippen molar-refractivity contribution in [2.24, 2.45) is 0 Å². The Hall–Kier alpha value is -2.36. The zero-order valence-corrected chi connectivity index (χ0v) is 10.1. The molecule has 0 fully saturated rings. The van der Waals surface area contributed by atoms with E-state index in [1.807, 2.05) is 6.92 Å². The molecule has 1 aliphatic rings. The number of amides is 2. The molecule has 2 rings (SSSR count). The highest BCUT2D eigenvalue weighted by atomic mass is 16.5. The third-order valence-corrected chi connectivity index (χ3v) is 2.39. The van der Waals surface area contributed by atoms with Crippen molar-refractivity contribution in [1.29, 1.82) is 0 Å². The van der Waals surface area contributed by atoms with E-state index in [4.69, 9.17) is 4.74 Å². The Labute approximate surface area is 105 Å². The molecule has 0 N–H and O–H groups in total. The van der Waals surface area contributed by atoms with E-state index in [-0.39, 0.29) is 11.8 Å². The molecular weight excluding hydrogens is 230 g/mol. The molecule has 1 aromatic carbocycles. The number of nitrogens with zero attached hydrogens (tertiary/aromatic N) is 1. The maximum Gasteiger partial charge on any atom is 0.258 e. The van der Waals surface area contributed by atoms with Crippen LogP contribution in [-0.2, 0) is 9.59 Å². The zero-order chi connectivity index (χ0) is 13.1. The molecule has 0 unspecified atom stereocenters. The summed E-state index contributed by atoms with van der Waals surface area (Å²) in [5.74, 6) is -0.219. The smallest absolute Gasteiger partial charge is 0.258 e. The van der Waals surface area contributed by atoms with Crippen molar-refractivity contribution in [3.63, 3.8) is 0 Å². The molecule has 0 aromatic heterocycles. The van der Waals surface area contributed by atoms with E-state index >= 15 is 0 Å². The molecule has 4 nitrogen and oxygen atoms in total. The number of anilines is 1. The minimum Gasteiger partial charge on any atom is -0.487 e. The third-order valence-electron chi connectivity index (χ3n) is 2.39. The first-order valence-electron chi connectivity index (χ1n) is 5.52. The predicted molar refractivity (Wildman–Crippen MR) is 68.4 cm³/mol. The van der Waals surface area contributed by atoms with Gasteiger partial charge in [-0.1, -0.05) is 18.7 Å². The van der Waals surface area contributed by atoms with Gasteiger partial charge in [0, 0.05) is 12.2 Å². The molecule has 1 aliphatic heterocycles. The van der Waals surface area contributed by atoms with Crippen LogP contribution in [0.2, 0.25) is 0 Å². The second kappa shape index (κ2) is 4.87. The van der Waals surface area contributed by atoms with Crippen molar-refractivity contribution in [2.75, 3.05) is 11.5 Å². The molecule has 0 atom stereocenters. The predicted octanol–water partition coefficient (Wildman–Crippen LogP) is 2.07. The van der Waals surface area contributed by atoms with Crippen LogP contribution in [0.3, 0.4) is 0 Å². The topological polar surface area (TPSA) is 46.6 Å². The summed E-state index contributed by atoms with van der Waals surface area (Å²) in [6.45, 7) is 5.93. The number of hydrogen-bond acceptors (Lipinski definition) is 3. The Morgan fingerprint density at radius 1 is 1.22 bits per heavy atom. The Morgan fingerprint density at radius 3 is 2.44 bits per heavy atom. The van der Waals surface area contributed by atoms with Gasteiger partial charge in [0.15, 0.2) is 0 Å². The Bertz CT molecular complexity index is 528. The van der Waals surface area contributed by atoms with Crippen LogP contribution in [0.1, 0.15) is 6.92 Å². The normalized spacial score (nSPS) is 14.2. The zero-order valence-electron chi connectivity index (χ0n) is 10.1. The van der Waals surface area contributed by atoms with Gasteiger partial charge in [-0.2, -0.15) is 0 Å². The van der Waals surface area contributed by atoms with Crippen LogP contribution in [0.4, 0.5) is 5.69 Å². The summed E-state index contributed by atoms with van der Waals surface area (Å²) >= 11 is 0. The van der Waals surface area contributed by atoms with Crippen LogP contribution in [0.15, 0.2) is 48.6 Å². The van der Waals surface area contributed by atoms with Gasteiger partial charge >= 0.3 is 0 Å². The summed E-state index contributed by atoms with van der Waals surface area (Å²) in [6, 6.07) is 6.94. The van der Waals surface area contributed by atoms with E-state index < -0.39 is 0 Å². The van der Waals surface area contributed by atoms with Crippen LogP contribution in [0.5, 0.6) is 5.75 Å². The highest BCUT2D eigenvalue weighted by Crippen LogP contribution is 2.30. The number of carbonyl (C=O) groups excluding carboxylic acids is 2. The molecule has 92 valence electrons. The van der Waals surface area contributed by atoms with Crippen molar-refractivity contribution in [3.8, 4) is 5.75 Å². The summed E-state index contributed by atoms with van der Waals surface area (Å²) in [6.07, 6.45) is 2.50. The number of imide groups is 1. The number of benzene rings is 1. The Morgan fingerprint density at radius 2 is 1.83 bits per heavy atom. The molecule has 0 radical (unpaired) electrons. The van der Waals surface area contributed by atoms with E-state index in [9.17, 15) is 9.59 Å². The molecule has 0 spiro atoms. The second-order valence-corrected chi connectivity index (χ2v) is 4.06. The van der Waals surface area contributed by atoms with E-state index in [0.29, 0.717) is 18.0 Å².